The van der Waals surface area contributed by atoms with Gasteiger partial charge < -0.3 is 5.73 Å². The fraction of sp³-hybridized carbons (Fsp3) is 0.368. The molecule has 1 heteroatoms. The Morgan fingerprint density at radius 1 is 1.00 bits per heavy atom. The lowest BCUT2D eigenvalue weighted by Gasteiger charge is -2.19. The Kier molecular flexibility index (Phi) is 3.88. The number of benzene rings is 2. The minimum atomic E-state index is 0.100. The molecule has 0 saturated heterocycles. The second kappa shape index (κ2) is 5.80. The summed E-state index contributed by atoms with van der Waals surface area (Å²) >= 11 is 0. The van der Waals surface area contributed by atoms with Gasteiger partial charge in [-0.3, -0.25) is 0 Å². The van der Waals surface area contributed by atoms with Gasteiger partial charge in [-0.2, -0.15) is 0 Å². The summed E-state index contributed by atoms with van der Waals surface area (Å²) in [6.07, 6.45) is 6.04. The number of nitrogens with two attached hydrogens (primary N) is 1. The molecular weight excluding hydrogens is 242 g/mol. The SMILES string of the molecule is Cc1ccccc1CC(N)c1ccc2c(c1)CCCC2. The summed E-state index contributed by atoms with van der Waals surface area (Å²) < 4.78 is 0. The standard InChI is InChI=1S/C19H23N/c1-14-6-2-3-8-16(14)13-19(20)18-11-10-15-7-4-5-9-17(15)12-18/h2-3,6,8,10-12,19H,4-5,7,9,13,20H2,1H3. The maximum atomic E-state index is 6.43. The van der Waals surface area contributed by atoms with Gasteiger partial charge in [0.2, 0.25) is 0 Å². The van der Waals surface area contributed by atoms with Crippen molar-refractivity contribution in [1.82, 2.24) is 0 Å². The van der Waals surface area contributed by atoms with Crippen molar-refractivity contribution in [3.63, 3.8) is 0 Å². The van der Waals surface area contributed by atoms with E-state index < -0.39 is 0 Å². The molecule has 0 aliphatic heterocycles. The fourth-order valence-electron chi connectivity index (χ4n) is 3.18. The van der Waals surface area contributed by atoms with E-state index in [0.717, 1.165) is 6.42 Å². The van der Waals surface area contributed by atoms with Crippen molar-refractivity contribution < 1.29 is 0 Å². The molecule has 1 aliphatic carbocycles. The van der Waals surface area contributed by atoms with Gasteiger partial charge >= 0.3 is 0 Å². The van der Waals surface area contributed by atoms with E-state index in [4.69, 9.17) is 5.73 Å². The van der Waals surface area contributed by atoms with E-state index in [1.165, 1.54) is 53.5 Å². The van der Waals surface area contributed by atoms with Crippen molar-refractivity contribution >= 4 is 0 Å². The van der Waals surface area contributed by atoms with Crippen LogP contribution in [0.5, 0.6) is 0 Å². The van der Waals surface area contributed by atoms with Crippen LogP contribution in [0, 0.1) is 6.92 Å². The largest absolute Gasteiger partial charge is 0.324 e. The highest BCUT2D eigenvalue weighted by Crippen LogP contribution is 2.26. The lowest BCUT2D eigenvalue weighted by molar-refractivity contribution is 0.674. The number of fused-ring (bicyclic) bond motifs is 1. The van der Waals surface area contributed by atoms with Gasteiger partial charge in [0.1, 0.15) is 0 Å². The number of hydrogen-bond donors (Lipinski definition) is 1. The Balaban J connectivity index is 1.80. The quantitative estimate of drug-likeness (QED) is 0.887. The second-order valence-electron chi connectivity index (χ2n) is 5.97. The molecule has 104 valence electrons. The van der Waals surface area contributed by atoms with Gasteiger partial charge in [0.05, 0.1) is 0 Å². The Morgan fingerprint density at radius 2 is 1.75 bits per heavy atom. The van der Waals surface area contributed by atoms with E-state index in [1.807, 2.05) is 0 Å². The second-order valence-corrected chi connectivity index (χ2v) is 5.97. The van der Waals surface area contributed by atoms with E-state index in [0.29, 0.717) is 0 Å². The van der Waals surface area contributed by atoms with Crippen LogP contribution in [0.1, 0.15) is 46.7 Å². The van der Waals surface area contributed by atoms with E-state index >= 15 is 0 Å². The third kappa shape index (κ3) is 2.78. The first-order valence-electron chi connectivity index (χ1n) is 7.66. The summed E-state index contributed by atoms with van der Waals surface area (Å²) in [4.78, 5) is 0. The van der Waals surface area contributed by atoms with Crippen molar-refractivity contribution in [1.29, 1.82) is 0 Å². The zero-order valence-corrected chi connectivity index (χ0v) is 12.2. The van der Waals surface area contributed by atoms with Crippen molar-refractivity contribution in [3.8, 4) is 0 Å². The average Bonchev–Trinajstić information content (AvgIpc) is 2.49. The van der Waals surface area contributed by atoms with Crippen molar-refractivity contribution in [3.05, 3.63) is 70.3 Å². The molecule has 2 N–H and O–H groups in total. The predicted octanol–water partition coefficient (Wildman–Crippen LogP) is 4.12. The topological polar surface area (TPSA) is 26.0 Å². The van der Waals surface area contributed by atoms with Gasteiger partial charge in [-0.25, -0.2) is 0 Å². The summed E-state index contributed by atoms with van der Waals surface area (Å²) in [5.41, 5.74) is 13.5. The molecule has 20 heavy (non-hydrogen) atoms. The number of rotatable bonds is 3. The molecule has 2 aromatic carbocycles. The zero-order valence-electron chi connectivity index (χ0n) is 12.2. The van der Waals surface area contributed by atoms with Gasteiger partial charge in [0.15, 0.2) is 0 Å². The van der Waals surface area contributed by atoms with E-state index in [9.17, 15) is 0 Å². The molecule has 3 rings (SSSR count). The molecular formula is C19H23N. The summed E-state index contributed by atoms with van der Waals surface area (Å²) in [5.74, 6) is 0. The van der Waals surface area contributed by atoms with E-state index in [1.54, 1.807) is 0 Å². The minimum absolute atomic E-state index is 0.100. The molecule has 1 aliphatic rings. The maximum absolute atomic E-state index is 6.43. The van der Waals surface area contributed by atoms with Crippen molar-refractivity contribution in [2.24, 2.45) is 5.73 Å². The summed E-state index contributed by atoms with van der Waals surface area (Å²) in [7, 11) is 0. The number of aryl methyl sites for hydroxylation is 3. The average molecular weight is 265 g/mol. The number of hydrogen-bond acceptors (Lipinski definition) is 1. The Hall–Kier alpha value is -1.60. The zero-order chi connectivity index (χ0) is 13.9. The molecule has 0 fully saturated rings. The molecule has 1 unspecified atom stereocenters. The van der Waals surface area contributed by atoms with Crippen LogP contribution < -0.4 is 5.73 Å². The highest BCUT2D eigenvalue weighted by atomic mass is 14.6. The first-order chi connectivity index (χ1) is 9.74. The molecule has 0 saturated carbocycles. The predicted molar refractivity (Wildman–Crippen MR) is 84.9 cm³/mol. The van der Waals surface area contributed by atoms with Crippen LogP contribution in [-0.4, -0.2) is 0 Å². The van der Waals surface area contributed by atoms with Crippen molar-refractivity contribution in [2.75, 3.05) is 0 Å². The summed E-state index contributed by atoms with van der Waals surface area (Å²) in [5, 5.41) is 0. The molecule has 0 bridgehead atoms. The van der Waals surface area contributed by atoms with Crippen LogP contribution in [0.15, 0.2) is 42.5 Å². The van der Waals surface area contributed by atoms with Crippen LogP contribution in [-0.2, 0) is 19.3 Å². The molecule has 0 spiro atoms. The van der Waals surface area contributed by atoms with Gasteiger partial charge in [-0.1, -0.05) is 42.5 Å². The smallest absolute Gasteiger partial charge is 0.0335 e. The first-order valence-corrected chi connectivity index (χ1v) is 7.66. The van der Waals surface area contributed by atoms with Gasteiger partial charge in [0.25, 0.3) is 0 Å². The third-order valence-electron chi connectivity index (χ3n) is 4.50. The van der Waals surface area contributed by atoms with Gasteiger partial charge in [-0.05, 0) is 66.8 Å². The Morgan fingerprint density at radius 3 is 2.55 bits per heavy atom. The molecule has 0 heterocycles. The van der Waals surface area contributed by atoms with Crippen LogP contribution >= 0.6 is 0 Å². The van der Waals surface area contributed by atoms with Gasteiger partial charge in [0, 0.05) is 6.04 Å². The lowest BCUT2D eigenvalue weighted by atomic mass is 9.88. The van der Waals surface area contributed by atoms with Gasteiger partial charge in [-0.15, -0.1) is 0 Å². The Labute approximate surface area is 121 Å². The summed E-state index contributed by atoms with van der Waals surface area (Å²) in [6.45, 7) is 2.16. The molecule has 1 atom stereocenters. The molecule has 2 aromatic rings. The highest BCUT2D eigenvalue weighted by Gasteiger charge is 2.13. The van der Waals surface area contributed by atoms with Crippen LogP contribution in [0.3, 0.4) is 0 Å². The summed E-state index contributed by atoms with van der Waals surface area (Å²) in [6, 6.07) is 15.5. The molecule has 1 nitrogen and oxygen atoms in total. The van der Waals surface area contributed by atoms with Crippen molar-refractivity contribution in [2.45, 2.75) is 45.1 Å². The maximum Gasteiger partial charge on any atom is 0.0335 e. The van der Waals surface area contributed by atoms with E-state index in [2.05, 4.69) is 49.4 Å². The van der Waals surface area contributed by atoms with Crippen LogP contribution in [0.2, 0.25) is 0 Å². The molecule has 0 amide bonds. The first kappa shape index (κ1) is 13.4. The normalized spacial score (nSPS) is 15.7. The van der Waals surface area contributed by atoms with E-state index in [-0.39, 0.29) is 6.04 Å². The lowest BCUT2D eigenvalue weighted by Crippen LogP contribution is -2.15. The highest BCUT2D eigenvalue weighted by molar-refractivity contribution is 5.36. The third-order valence-corrected chi connectivity index (χ3v) is 4.50. The molecule has 0 radical (unpaired) electrons. The molecule has 0 aromatic heterocycles. The minimum Gasteiger partial charge on any atom is -0.324 e. The van der Waals surface area contributed by atoms with Crippen LogP contribution in [0.4, 0.5) is 0 Å². The fourth-order valence-corrected chi connectivity index (χ4v) is 3.18. The monoisotopic (exact) mass is 265 g/mol. The van der Waals surface area contributed by atoms with Crippen LogP contribution in [0.25, 0.3) is 0 Å². The Bertz CT molecular complexity index is 600.